The Balaban J connectivity index is 1.64. The fourth-order valence-electron chi connectivity index (χ4n) is 2.25. The molecule has 1 aromatic heterocycles. The van der Waals surface area contributed by atoms with Crippen LogP contribution in [0.15, 0.2) is 53.3 Å². The van der Waals surface area contributed by atoms with Crippen LogP contribution in [0.4, 0.5) is 0 Å². The van der Waals surface area contributed by atoms with Gasteiger partial charge in [-0.3, -0.25) is 18.3 Å². The molecule has 3 aromatic rings. The van der Waals surface area contributed by atoms with E-state index in [0.717, 1.165) is 4.70 Å². The first-order valence-electron chi connectivity index (χ1n) is 7.19. The maximum atomic E-state index is 12.2. The van der Waals surface area contributed by atoms with Gasteiger partial charge in [0.25, 0.3) is 11.5 Å². The molecule has 122 valence electrons. The molecule has 0 radical (unpaired) electrons. The number of ketones is 1. The van der Waals surface area contributed by atoms with Crippen LogP contribution in [0.3, 0.4) is 0 Å². The molecule has 0 saturated carbocycles. The Hall–Kier alpha value is -2.44. The van der Waals surface area contributed by atoms with E-state index in [1.165, 1.54) is 21.6 Å². The third kappa shape index (κ3) is 3.55. The highest BCUT2D eigenvalue weighted by Gasteiger charge is 2.12. The average Bonchev–Trinajstić information content (AvgIpc) is 2.89. The van der Waals surface area contributed by atoms with Crippen molar-refractivity contribution in [3.05, 3.63) is 69.5 Å². The lowest BCUT2D eigenvalue weighted by atomic mass is 10.2. The van der Waals surface area contributed by atoms with Crippen LogP contribution in [0.5, 0.6) is 0 Å². The molecule has 1 heterocycles. The summed E-state index contributed by atoms with van der Waals surface area (Å²) in [6, 6.07) is 13.7. The minimum Gasteiger partial charge on any atom is -0.345 e. The second-order valence-electron chi connectivity index (χ2n) is 5.16. The zero-order valence-electron chi connectivity index (χ0n) is 12.5. The average molecular weight is 361 g/mol. The van der Waals surface area contributed by atoms with Crippen molar-refractivity contribution >= 4 is 44.9 Å². The van der Waals surface area contributed by atoms with E-state index in [1.54, 1.807) is 30.3 Å². The van der Waals surface area contributed by atoms with Gasteiger partial charge in [-0.1, -0.05) is 41.3 Å². The normalized spacial score (nSPS) is 10.7. The Morgan fingerprint density at radius 1 is 1.12 bits per heavy atom. The molecule has 2 aromatic carbocycles. The number of aromatic nitrogens is 1. The minimum atomic E-state index is -0.380. The fourth-order valence-corrected chi connectivity index (χ4v) is 3.46. The number of fused-ring (bicyclic) bond motifs is 1. The standard InChI is InChI=1S/C17H13ClN2O3S/c18-12-5-3-4-11(8-12)16(22)19-9-13(21)10-20-17(23)14-6-1-2-7-15(14)24-20/h1-8H,9-10H2,(H,19,22). The molecular formula is C17H13ClN2O3S. The molecule has 0 aliphatic heterocycles. The summed E-state index contributed by atoms with van der Waals surface area (Å²) in [6.07, 6.45) is 0. The Kier molecular flexibility index (Phi) is 4.78. The number of hydrogen-bond donors (Lipinski definition) is 1. The summed E-state index contributed by atoms with van der Waals surface area (Å²) < 4.78 is 2.23. The number of Topliss-reactive ketones (excluding diaryl/α,β-unsaturated/α-hetero) is 1. The van der Waals surface area contributed by atoms with Gasteiger partial charge in [0.15, 0.2) is 5.78 Å². The zero-order valence-corrected chi connectivity index (χ0v) is 14.1. The van der Waals surface area contributed by atoms with E-state index in [-0.39, 0.29) is 30.3 Å². The van der Waals surface area contributed by atoms with Gasteiger partial charge in [0.2, 0.25) is 0 Å². The highest BCUT2D eigenvalue weighted by atomic mass is 35.5. The van der Waals surface area contributed by atoms with Crippen molar-refractivity contribution in [1.82, 2.24) is 9.27 Å². The van der Waals surface area contributed by atoms with Crippen LogP contribution in [0.1, 0.15) is 10.4 Å². The van der Waals surface area contributed by atoms with Crippen LogP contribution in [0.25, 0.3) is 10.1 Å². The maximum Gasteiger partial charge on any atom is 0.268 e. The second-order valence-corrected chi connectivity index (χ2v) is 6.66. The third-order valence-electron chi connectivity index (χ3n) is 3.41. The predicted octanol–water partition coefficient (Wildman–Crippen LogP) is 2.72. The van der Waals surface area contributed by atoms with Crippen LogP contribution in [0, 0.1) is 0 Å². The van der Waals surface area contributed by atoms with E-state index in [9.17, 15) is 14.4 Å². The van der Waals surface area contributed by atoms with Gasteiger partial charge < -0.3 is 5.32 Å². The Labute approximate surface area is 146 Å². The number of rotatable bonds is 5. The van der Waals surface area contributed by atoms with Crippen LogP contribution >= 0.6 is 23.1 Å². The van der Waals surface area contributed by atoms with Crippen molar-refractivity contribution in [3.8, 4) is 0 Å². The zero-order chi connectivity index (χ0) is 17.1. The van der Waals surface area contributed by atoms with E-state index >= 15 is 0 Å². The molecule has 0 aliphatic carbocycles. The lowest BCUT2D eigenvalue weighted by molar-refractivity contribution is -0.118. The van der Waals surface area contributed by atoms with Gasteiger partial charge in [-0.05, 0) is 30.3 Å². The summed E-state index contributed by atoms with van der Waals surface area (Å²) >= 11 is 7.07. The summed E-state index contributed by atoms with van der Waals surface area (Å²) in [5, 5.41) is 3.59. The molecule has 0 saturated heterocycles. The molecule has 0 bridgehead atoms. The molecular weight excluding hydrogens is 348 g/mol. The number of halogens is 1. The summed E-state index contributed by atoms with van der Waals surface area (Å²) in [4.78, 5) is 36.2. The van der Waals surface area contributed by atoms with Gasteiger partial charge in [0, 0.05) is 10.6 Å². The fraction of sp³-hybridized carbons (Fsp3) is 0.118. The van der Waals surface area contributed by atoms with Gasteiger partial charge in [-0.2, -0.15) is 0 Å². The molecule has 24 heavy (non-hydrogen) atoms. The van der Waals surface area contributed by atoms with Gasteiger partial charge in [-0.15, -0.1) is 0 Å². The van der Waals surface area contributed by atoms with Gasteiger partial charge in [0.05, 0.1) is 23.2 Å². The highest BCUT2D eigenvalue weighted by molar-refractivity contribution is 7.13. The highest BCUT2D eigenvalue weighted by Crippen LogP contribution is 2.15. The number of nitrogens with zero attached hydrogens (tertiary/aromatic N) is 1. The van der Waals surface area contributed by atoms with Crippen molar-refractivity contribution in [2.45, 2.75) is 6.54 Å². The number of amides is 1. The smallest absolute Gasteiger partial charge is 0.268 e. The minimum absolute atomic E-state index is 0.0615. The van der Waals surface area contributed by atoms with E-state index < -0.39 is 0 Å². The van der Waals surface area contributed by atoms with Crippen LogP contribution in [-0.2, 0) is 11.3 Å². The monoisotopic (exact) mass is 360 g/mol. The largest absolute Gasteiger partial charge is 0.345 e. The second kappa shape index (κ2) is 6.98. The van der Waals surface area contributed by atoms with Gasteiger partial charge >= 0.3 is 0 Å². The van der Waals surface area contributed by atoms with Crippen molar-refractivity contribution in [3.63, 3.8) is 0 Å². The molecule has 0 fully saturated rings. The lowest BCUT2D eigenvalue weighted by Gasteiger charge is -2.05. The summed E-state index contributed by atoms with van der Waals surface area (Å²) in [6.45, 7) is -0.208. The first-order chi connectivity index (χ1) is 11.5. The molecule has 5 nitrogen and oxygen atoms in total. The lowest BCUT2D eigenvalue weighted by Crippen LogP contribution is -2.32. The third-order valence-corrected chi connectivity index (χ3v) is 4.71. The van der Waals surface area contributed by atoms with E-state index in [2.05, 4.69) is 5.32 Å². The number of benzene rings is 2. The maximum absolute atomic E-state index is 12.2. The van der Waals surface area contributed by atoms with Crippen molar-refractivity contribution < 1.29 is 9.59 Å². The molecule has 0 unspecified atom stereocenters. The molecule has 0 spiro atoms. The van der Waals surface area contributed by atoms with Gasteiger partial charge in [0.1, 0.15) is 0 Å². The number of carbonyl (C=O) groups excluding carboxylic acids is 2. The molecule has 7 heteroatoms. The summed E-state index contributed by atoms with van der Waals surface area (Å²) in [5.41, 5.74) is 0.194. The van der Waals surface area contributed by atoms with Crippen molar-refractivity contribution in [2.75, 3.05) is 6.54 Å². The molecule has 0 atom stereocenters. The topological polar surface area (TPSA) is 68.2 Å². The number of hydrogen-bond acceptors (Lipinski definition) is 4. The Bertz CT molecular complexity index is 977. The molecule has 0 aliphatic rings. The SMILES string of the molecule is O=C(CNC(=O)c1cccc(Cl)c1)Cn1sc2ccccc2c1=O. The van der Waals surface area contributed by atoms with Crippen molar-refractivity contribution in [1.29, 1.82) is 0 Å². The Morgan fingerprint density at radius 3 is 2.67 bits per heavy atom. The van der Waals surface area contributed by atoms with Gasteiger partial charge in [-0.25, -0.2) is 0 Å². The predicted molar refractivity (Wildman–Crippen MR) is 94.9 cm³/mol. The van der Waals surface area contributed by atoms with Crippen LogP contribution in [0.2, 0.25) is 5.02 Å². The van der Waals surface area contributed by atoms with Crippen molar-refractivity contribution in [2.24, 2.45) is 0 Å². The van der Waals surface area contributed by atoms with E-state index in [4.69, 9.17) is 11.6 Å². The summed E-state index contributed by atoms with van der Waals surface area (Å²) in [5.74, 6) is -0.631. The molecule has 1 amide bonds. The van der Waals surface area contributed by atoms with E-state index in [1.807, 2.05) is 12.1 Å². The van der Waals surface area contributed by atoms with E-state index in [0.29, 0.717) is 16.0 Å². The Morgan fingerprint density at radius 2 is 1.92 bits per heavy atom. The summed E-state index contributed by atoms with van der Waals surface area (Å²) in [7, 11) is 0. The molecule has 3 rings (SSSR count). The first kappa shape index (κ1) is 16.4. The van der Waals surface area contributed by atoms with Crippen LogP contribution < -0.4 is 10.9 Å². The number of carbonyl (C=O) groups is 2. The van der Waals surface area contributed by atoms with Crippen LogP contribution in [-0.4, -0.2) is 22.2 Å². The molecule has 1 N–H and O–H groups in total. The quantitative estimate of drug-likeness (QED) is 0.760. The first-order valence-corrected chi connectivity index (χ1v) is 8.34. The number of nitrogens with one attached hydrogen (secondary N) is 1.